The Kier molecular flexibility index (Phi) is 8.13. The van der Waals surface area contributed by atoms with Crippen LogP contribution in [0.2, 0.25) is 0 Å². The molecule has 2 aromatic carbocycles. The summed E-state index contributed by atoms with van der Waals surface area (Å²) in [6.45, 7) is 4.35. The number of benzene rings is 2. The molecule has 8 nitrogen and oxygen atoms in total. The Balaban J connectivity index is 1.55. The predicted molar refractivity (Wildman–Crippen MR) is 133 cm³/mol. The van der Waals surface area contributed by atoms with Crippen LogP contribution in [0.3, 0.4) is 0 Å². The molecule has 1 saturated heterocycles. The van der Waals surface area contributed by atoms with Crippen molar-refractivity contribution in [2.45, 2.75) is 38.3 Å². The van der Waals surface area contributed by atoms with Crippen molar-refractivity contribution in [3.63, 3.8) is 0 Å². The molecule has 0 bridgehead atoms. The molecule has 0 aromatic heterocycles. The first-order valence-corrected chi connectivity index (χ1v) is 12.2. The smallest absolute Gasteiger partial charge is 0.255 e. The number of carbonyl (C=O) groups excluding carboxylic acids is 2. The lowest BCUT2D eigenvalue weighted by Gasteiger charge is -2.29. The molecule has 2 amide bonds. The summed E-state index contributed by atoms with van der Waals surface area (Å²) in [6, 6.07) is 10.7. The fourth-order valence-corrected chi connectivity index (χ4v) is 5.01. The van der Waals surface area contributed by atoms with Gasteiger partial charge in [-0.25, -0.2) is 0 Å². The summed E-state index contributed by atoms with van der Waals surface area (Å²) in [7, 11) is 4.66. The van der Waals surface area contributed by atoms with E-state index in [-0.39, 0.29) is 18.2 Å². The van der Waals surface area contributed by atoms with E-state index in [0.29, 0.717) is 35.9 Å². The third-order valence-corrected chi connectivity index (χ3v) is 6.85. The van der Waals surface area contributed by atoms with Gasteiger partial charge in [-0.15, -0.1) is 0 Å². The lowest BCUT2D eigenvalue weighted by atomic mass is 10.00. The zero-order valence-corrected chi connectivity index (χ0v) is 20.8. The molecule has 4 rings (SSSR count). The number of fused-ring (bicyclic) bond motifs is 1. The van der Waals surface area contributed by atoms with Crippen LogP contribution in [-0.4, -0.2) is 69.1 Å². The van der Waals surface area contributed by atoms with Gasteiger partial charge in [0.2, 0.25) is 11.7 Å². The molecule has 0 radical (unpaired) electrons. The Morgan fingerprint density at radius 2 is 1.71 bits per heavy atom. The molecule has 8 heteroatoms. The van der Waals surface area contributed by atoms with Gasteiger partial charge in [0.15, 0.2) is 11.5 Å². The molecule has 188 valence electrons. The second-order valence-electron chi connectivity index (χ2n) is 9.02. The largest absolute Gasteiger partial charge is 0.493 e. The highest BCUT2D eigenvalue weighted by atomic mass is 16.5. The molecule has 2 heterocycles. The first kappa shape index (κ1) is 24.9. The van der Waals surface area contributed by atoms with Crippen LogP contribution in [0.5, 0.6) is 17.2 Å². The molecular formula is C27H35N3O5. The van der Waals surface area contributed by atoms with E-state index in [2.05, 4.69) is 10.2 Å². The van der Waals surface area contributed by atoms with Gasteiger partial charge in [0.05, 0.1) is 33.8 Å². The third-order valence-electron chi connectivity index (χ3n) is 6.85. The zero-order valence-electron chi connectivity index (χ0n) is 20.8. The lowest BCUT2D eigenvalue weighted by molar-refractivity contribution is -0.122. The molecule has 0 spiro atoms. The molecule has 0 unspecified atom stereocenters. The summed E-state index contributed by atoms with van der Waals surface area (Å²) in [5, 5.41) is 3.06. The topological polar surface area (TPSA) is 80.3 Å². The first-order chi connectivity index (χ1) is 17.0. The number of methoxy groups -OCH3 is 3. The molecule has 2 aromatic rings. The summed E-state index contributed by atoms with van der Waals surface area (Å²) in [5.41, 5.74) is 2.39. The molecule has 1 atom stereocenters. The van der Waals surface area contributed by atoms with Crippen molar-refractivity contribution in [1.82, 2.24) is 15.1 Å². The monoisotopic (exact) mass is 481 g/mol. The fourth-order valence-electron chi connectivity index (χ4n) is 5.01. The van der Waals surface area contributed by atoms with Gasteiger partial charge in [-0.3, -0.25) is 9.59 Å². The van der Waals surface area contributed by atoms with Crippen LogP contribution in [0.25, 0.3) is 0 Å². The number of hydrogen-bond donors (Lipinski definition) is 1. The molecular weight excluding hydrogens is 446 g/mol. The molecule has 35 heavy (non-hydrogen) atoms. The van der Waals surface area contributed by atoms with Crippen molar-refractivity contribution in [3.8, 4) is 17.2 Å². The minimum absolute atomic E-state index is 0.0822. The highest BCUT2D eigenvalue weighted by Gasteiger charge is 2.35. The molecule has 0 aliphatic carbocycles. The van der Waals surface area contributed by atoms with Gasteiger partial charge in [-0.05, 0) is 68.2 Å². The highest BCUT2D eigenvalue weighted by molar-refractivity contribution is 5.98. The van der Waals surface area contributed by atoms with Gasteiger partial charge in [-0.2, -0.15) is 0 Å². The van der Waals surface area contributed by atoms with Crippen LogP contribution in [-0.2, 0) is 11.3 Å². The lowest BCUT2D eigenvalue weighted by Crippen LogP contribution is -2.35. The molecule has 1 N–H and O–H groups in total. The minimum Gasteiger partial charge on any atom is -0.493 e. The maximum atomic E-state index is 13.3. The summed E-state index contributed by atoms with van der Waals surface area (Å²) in [6.07, 6.45) is 3.57. The predicted octanol–water partition coefficient (Wildman–Crippen LogP) is 3.40. The summed E-state index contributed by atoms with van der Waals surface area (Å²) < 4.78 is 16.5. The van der Waals surface area contributed by atoms with Crippen molar-refractivity contribution < 1.29 is 23.8 Å². The van der Waals surface area contributed by atoms with Gasteiger partial charge in [-0.1, -0.05) is 18.2 Å². The van der Waals surface area contributed by atoms with E-state index in [1.54, 1.807) is 26.2 Å². The van der Waals surface area contributed by atoms with Crippen LogP contribution in [0, 0.1) is 0 Å². The van der Waals surface area contributed by atoms with E-state index >= 15 is 0 Å². The minimum atomic E-state index is -0.484. The number of hydrogen-bond acceptors (Lipinski definition) is 6. The molecule has 2 aliphatic heterocycles. The van der Waals surface area contributed by atoms with E-state index in [1.807, 2.05) is 36.4 Å². The van der Waals surface area contributed by atoms with Crippen LogP contribution < -0.4 is 19.5 Å². The third kappa shape index (κ3) is 5.53. The summed E-state index contributed by atoms with van der Waals surface area (Å²) in [5.74, 6) is 1.28. The average Bonchev–Trinajstić information content (AvgIpc) is 3.52. The van der Waals surface area contributed by atoms with Crippen molar-refractivity contribution in [1.29, 1.82) is 0 Å². The van der Waals surface area contributed by atoms with Crippen molar-refractivity contribution in [3.05, 3.63) is 53.1 Å². The number of nitrogens with zero attached hydrogens (tertiary/aromatic N) is 2. The number of amides is 2. The average molecular weight is 482 g/mol. The van der Waals surface area contributed by atoms with Crippen LogP contribution in [0.1, 0.15) is 53.2 Å². The molecule has 1 fully saturated rings. The number of carbonyl (C=O) groups is 2. The number of nitrogens with one attached hydrogen (secondary N) is 1. The summed E-state index contributed by atoms with van der Waals surface area (Å²) in [4.78, 5) is 30.6. The Hall–Kier alpha value is -3.26. The van der Waals surface area contributed by atoms with Crippen LogP contribution in [0.4, 0.5) is 0 Å². The molecule has 0 saturated carbocycles. The Labute approximate surface area is 207 Å². The van der Waals surface area contributed by atoms with E-state index in [1.165, 1.54) is 12.8 Å². The Bertz CT molecular complexity index is 1030. The quantitative estimate of drug-likeness (QED) is 0.496. The SMILES string of the molecule is COc1cc([C@@H](CC(=O)NCCCN2CCCC2)N2Cc3ccccc3C2=O)cc(OC)c1OC. The second-order valence-corrected chi connectivity index (χ2v) is 9.02. The van der Waals surface area contributed by atoms with E-state index < -0.39 is 6.04 Å². The van der Waals surface area contributed by atoms with Crippen molar-refractivity contribution in [2.75, 3.05) is 47.5 Å². The first-order valence-electron chi connectivity index (χ1n) is 12.2. The second kappa shape index (κ2) is 11.4. The van der Waals surface area contributed by atoms with Gasteiger partial charge < -0.3 is 29.3 Å². The van der Waals surface area contributed by atoms with Gasteiger partial charge >= 0.3 is 0 Å². The normalized spacial score (nSPS) is 16.2. The summed E-state index contributed by atoms with van der Waals surface area (Å²) >= 11 is 0. The number of rotatable bonds is 11. The maximum absolute atomic E-state index is 13.3. The van der Waals surface area contributed by atoms with E-state index in [9.17, 15) is 9.59 Å². The van der Waals surface area contributed by atoms with Crippen LogP contribution in [0.15, 0.2) is 36.4 Å². The highest BCUT2D eigenvalue weighted by Crippen LogP contribution is 2.42. The van der Waals surface area contributed by atoms with Crippen LogP contribution >= 0.6 is 0 Å². The number of ether oxygens (including phenoxy) is 3. The Morgan fingerprint density at radius 3 is 2.34 bits per heavy atom. The van der Waals surface area contributed by atoms with E-state index in [4.69, 9.17) is 14.2 Å². The van der Waals surface area contributed by atoms with Gasteiger partial charge in [0.25, 0.3) is 5.91 Å². The maximum Gasteiger partial charge on any atom is 0.255 e. The fraction of sp³-hybridized carbons (Fsp3) is 0.481. The van der Waals surface area contributed by atoms with Crippen molar-refractivity contribution >= 4 is 11.8 Å². The Morgan fingerprint density at radius 1 is 1.03 bits per heavy atom. The molecule has 2 aliphatic rings. The number of likely N-dealkylation sites (tertiary alicyclic amines) is 1. The standard InChI is InChI=1S/C27H35N3O5/c1-33-23-15-20(16-24(34-2)26(23)35-3)22(30-18-19-9-4-5-10-21(19)27(30)32)17-25(31)28-11-8-14-29-12-6-7-13-29/h4-5,9-10,15-16,22H,6-8,11-14,17-18H2,1-3H3,(H,28,31)/t22-/m1/s1. The van der Waals surface area contributed by atoms with E-state index in [0.717, 1.165) is 37.2 Å². The van der Waals surface area contributed by atoms with Gasteiger partial charge in [0.1, 0.15) is 0 Å². The van der Waals surface area contributed by atoms with Gasteiger partial charge in [0, 0.05) is 18.7 Å². The van der Waals surface area contributed by atoms with Crippen molar-refractivity contribution in [2.24, 2.45) is 0 Å². The zero-order chi connectivity index (χ0) is 24.8.